The molecule has 0 atom stereocenters. The molecule has 0 saturated heterocycles. The lowest BCUT2D eigenvalue weighted by Gasteiger charge is -2.37. The van der Waals surface area contributed by atoms with Crippen molar-refractivity contribution in [2.45, 2.75) is 44.6 Å². The Morgan fingerprint density at radius 2 is 2.17 bits per heavy atom. The van der Waals surface area contributed by atoms with Gasteiger partial charge in [-0.3, -0.25) is 4.79 Å². The van der Waals surface area contributed by atoms with E-state index in [-0.39, 0.29) is 31.6 Å². The number of halogens is 2. The molecule has 0 aromatic rings. The number of ether oxygens (including phenoxy) is 1. The third-order valence-corrected chi connectivity index (χ3v) is 3.10. The fraction of sp³-hybridized carbons (Fsp3) is 0.917. The highest BCUT2D eigenvalue weighted by Crippen LogP contribution is 2.25. The standard InChI is InChI=1S/C12H21F2NO3/c13-11(14)9-18-8-5-12(17)15(6-2-7-16)10-3-1-4-10/h10-11,16H,1-9H2. The van der Waals surface area contributed by atoms with Crippen molar-refractivity contribution in [1.82, 2.24) is 4.90 Å². The highest BCUT2D eigenvalue weighted by molar-refractivity contribution is 5.76. The molecular formula is C12H21F2NO3. The molecule has 1 aliphatic carbocycles. The van der Waals surface area contributed by atoms with E-state index >= 15 is 0 Å². The van der Waals surface area contributed by atoms with E-state index in [4.69, 9.17) is 9.84 Å². The van der Waals surface area contributed by atoms with Crippen LogP contribution in [-0.4, -0.2) is 54.7 Å². The SMILES string of the molecule is O=C(CCOCC(F)F)N(CCCO)C1CCC1. The minimum atomic E-state index is -2.49. The van der Waals surface area contributed by atoms with Gasteiger partial charge in [0.2, 0.25) is 5.91 Å². The van der Waals surface area contributed by atoms with Gasteiger partial charge >= 0.3 is 0 Å². The Hall–Kier alpha value is -0.750. The van der Waals surface area contributed by atoms with Crippen molar-refractivity contribution in [2.75, 3.05) is 26.4 Å². The average molecular weight is 265 g/mol. The summed E-state index contributed by atoms with van der Waals surface area (Å²) in [4.78, 5) is 13.7. The molecule has 1 fully saturated rings. The Morgan fingerprint density at radius 1 is 1.44 bits per heavy atom. The highest BCUT2D eigenvalue weighted by atomic mass is 19.3. The van der Waals surface area contributed by atoms with Crippen LogP contribution in [0.4, 0.5) is 8.78 Å². The van der Waals surface area contributed by atoms with Crippen LogP contribution in [0, 0.1) is 0 Å². The zero-order valence-corrected chi connectivity index (χ0v) is 10.5. The van der Waals surface area contributed by atoms with E-state index in [9.17, 15) is 13.6 Å². The number of aliphatic hydroxyl groups is 1. The van der Waals surface area contributed by atoms with E-state index < -0.39 is 13.0 Å². The van der Waals surface area contributed by atoms with Crippen molar-refractivity contribution in [3.05, 3.63) is 0 Å². The Balaban J connectivity index is 2.25. The lowest BCUT2D eigenvalue weighted by atomic mass is 9.91. The van der Waals surface area contributed by atoms with Gasteiger partial charge < -0.3 is 14.7 Å². The monoisotopic (exact) mass is 265 g/mol. The molecule has 0 aromatic carbocycles. The molecular weight excluding hydrogens is 244 g/mol. The van der Waals surface area contributed by atoms with E-state index in [2.05, 4.69) is 0 Å². The van der Waals surface area contributed by atoms with Crippen LogP contribution in [0.25, 0.3) is 0 Å². The molecule has 0 unspecified atom stereocenters. The fourth-order valence-corrected chi connectivity index (χ4v) is 1.93. The zero-order chi connectivity index (χ0) is 13.4. The molecule has 6 heteroatoms. The normalized spacial score (nSPS) is 15.8. The van der Waals surface area contributed by atoms with Gasteiger partial charge in [-0.1, -0.05) is 0 Å². The van der Waals surface area contributed by atoms with Crippen LogP contribution in [0.2, 0.25) is 0 Å². The molecule has 0 bridgehead atoms. The number of nitrogens with zero attached hydrogens (tertiary/aromatic N) is 1. The molecule has 106 valence electrons. The van der Waals surface area contributed by atoms with Gasteiger partial charge in [0.25, 0.3) is 6.43 Å². The maximum atomic E-state index is 11.9. The highest BCUT2D eigenvalue weighted by Gasteiger charge is 2.27. The minimum Gasteiger partial charge on any atom is -0.396 e. The van der Waals surface area contributed by atoms with Crippen molar-refractivity contribution < 1.29 is 23.4 Å². The van der Waals surface area contributed by atoms with Gasteiger partial charge in [-0.05, 0) is 25.7 Å². The first kappa shape index (κ1) is 15.3. The quantitative estimate of drug-likeness (QED) is 0.641. The first-order valence-corrected chi connectivity index (χ1v) is 6.41. The smallest absolute Gasteiger partial charge is 0.261 e. The second-order valence-corrected chi connectivity index (χ2v) is 4.47. The molecule has 1 N–H and O–H groups in total. The molecule has 0 radical (unpaired) electrons. The largest absolute Gasteiger partial charge is 0.396 e. The van der Waals surface area contributed by atoms with Crippen LogP contribution in [0.5, 0.6) is 0 Å². The minimum absolute atomic E-state index is 0.0333. The molecule has 0 heterocycles. The number of hydrogen-bond acceptors (Lipinski definition) is 3. The molecule has 0 aliphatic heterocycles. The number of alkyl halides is 2. The van der Waals surface area contributed by atoms with E-state index in [1.165, 1.54) is 0 Å². The third-order valence-electron chi connectivity index (χ3n) is 3.10. The molecule has 1 aliphatic rings. The Labute approximate surface area is 106 Å². The number of amides is 1. The van der Waals surface area contributed by atoms with Crippen LogP contribution in [0.15, 0.2) is 0 Å². The van der Waals surface area contributed by atoms with E-state index in [1.54, 1.807) is 4.90 Å². The van der Waals surface area contributed by atoms with Gasteiger partial charge in [0, 0.05) is 19.2 Å². The van der Waals surface area contributed by atoms with Crippen molar-refractivity contribution in [3.8, 4) is 0 Å². The maximum absolute atomic E-state index is 11.9. The van der Waals surface area contributed by atoms with Gasteiger partial charge in [-0.2, -0.15) is 0 Å². The van der Waals surface area contributed by atoms with Crippen molar-refractivity contribution in [2.24, 2.45) is 0 Å². The Kier molecular flexibility index (Phi) is 7.12. The van der Waals surface area contributed by atoms with E-state index in [0.29, 0.717) is 13.0 Å². The predicted octanol–water partition coefficient (Wildman–Crippen LogP) is 1.42. The fourth-order valence-electron chi connectivity index (χ4n) is 1.93. The second kappa shape index (κ2) is 8.37. The van der Waals surface area contributed by atoms with E-state index in [1.807, 2.05) is 0 Å². The predicted molar refractivity (Wildman–Crippen MR) is 62.5 cm³/mol. The third kappa shape index (κ3) is 5.27. The van der Waals surface area contributed by atoms with Crippen LogP contribution in [0.3, 0.4) is 0 Å². The first-order valence-electron chi connectivity index (χ1n) is 6.41. The van der Waals surface area contributed by atoms with Gasteiger partial charge in [0.05, 0.1) is 13.0 Å². The van der Waals surface area contributed by atoms with Crippen LogP contribution >= 0.6 is 0 Å². The van der Waals surface area contributed by atoms with Crippen molar-refractivity contribution in [1.29, 1.82) is 0 Å². The Morgan fingerprint density at radius 3 is 2.67 bits per heavy atom. The van der Waals surface area contributed by atoms with Gasteiger partial charge in [0.1, 0.15) is 6.61 Å². The molecule has 0 spiro atoms. The summed E-state index contributed by atoms with van der Waals surface area (Å²) >= 11 is 0. The number of aliphatic hydroxyl groups excluding tert-OH is 1. The number of hydrogen-bond donors (Lipinski definition) is 1. The Bertz CT molecular complexity index is 247. The van der Waals surface area contributed by atoms with Crippen LogP contribution in [0.1, 0.15) is 32.1 Å². The maximum Gasteiger partial charge on any atom is 0.261 e. The summed E-state index contributed by atoms with van der Waals surface area (Å²) in [6.07, 6.45) is 1.31. The van der Waals surface area contributed by atoms with Gasteiger partial charge in [-0.15, -0.1) is 0 Å². The van der Waals surface area contributed by atoms with Gasteiger partial charge in [0.15, 0.2) is 0 Å². The van der Waals surface area contributed by atoms with Crippen molar-refractivity contribution >= 4 is 5.91 Å². The lowest BCUT2D eigenvalue weighted by Crippen LogP contribution is -2.45. The van der Waals surface area contributed by atoms with Crippen LogP contribution < -0.4 is 0 Å². The number of carbonyl (C=O) groups excluding carboxylic acids is 1. The summed E-state index contributed by atoms with van der Waals surface area (Å²) in [5.74, 6) is -0.0672. The molecule has 18 heavy (non-hydrogen) atoms. The van der Waals surface area contributed by atoms with E-state index in [0.717, 1.165) is 19.3 Å². The summed E-state index contributed by atoms with van der Waals surface area (Å²) in [5.41, 5.74) is 0. The molecule has 4 nitrogen and oxygen atoms in total. The summed E-state index contributed by atoms with van der Waals surface area (Å²) in [6.45, 7) is 0.00605. The summed E-state index contributed by atoms with van der Waals surface area (Å²) < 4.78 is 28.4. The second-order valence-electron chi connectivity index (χ2n) is 4.47. The molecule has 1 amide bonds. The van der Waals surface area contributed by atoms with Gasteiger partial charge in [-0.25, -0.2) is 8.78 Å². The number of rotatable bonds is 9. The molecule has 1 saturated carbocycles. The molecule has 1 rings (SSSR count). The van der Waals surface area contributed by atoms with Crippen molar-refractivity contribution in [3.63, 3.8) is 0 Å². The summed E-state index contributed by atoms with van der Waals surface area (Å²) in [6, 6.07) is 0.263. The first-order chi connectivity index (χ1) is 8.65. The average Bonchev–Trinajstić information content (AvgIpc) is 2.26. The topological polar surface area (TPSA) is 49.8 Å². The lowest BCUT2D eigenvalue weighted by molar-refractivity contribution is -0.137. The van der Waals surface area contributed by atoms with Crippen LogP contribution in [-0.2, 0) is 9.53 Å². The number of carbonyl (C=O) groups is 1. The summed E-state index contributed by atoms with van der Waals surface area (Å²) in [5, 5.41) is 8.80. The zero-order valence-electron chi connectivity index (χ0n) is 10.5. The summed E-state index contributed by atoms with van der Waals surface area (Å²) in [7, 11) is 0. The molecule has 0 aromatic heterocycles.